The van der Waals surface area contributed by atoms with Crippen molar-refractivity contribution in [2.45, 2.75) is 83.5 Å². The number of aryl methyl sites for hydroxylation is 1. The molecule has 58 heavy (non-hydrogen) atoms. The highest BCUT2D eigenvalue weighted by Gasteiger charge is 2.45. The number of nitrogens with one attached hydrogen (secondary N) is 1. The molecule has 4 aliphatic heterocycles. The van der Waals surface area contributed by atoms with E-state index in [0.717, 1.165) is 85.8 Å². The van der Waals surface area contributed by atoms with E-state index >= 15 is 0 Å². The highest BCUT2D eigenvalue weighted by atomic mass is 16.3. The highest BCUT2D eigenvalue weighted by molar-refractivity contribution is 6.23. The van der Waals surface area contributed by atoms with Gasteiger partial charge in [0.05, 0.1) is 11.1 Å². The fourth-order valence-electron chi connectivity index (χ4n) is 10.1. The normalized spacial score (nSPS) is 23.9. The van der Waals surface area contributed by atoms with Gasteiger partial charge in [0.15, 0.2) is 0 Å². The minimum atomic E-state index is -0.943. The first-order valence-electron chi connectivity index (χ1n) is 20.9. The molecule has 5 aliphatic rings. The molecule has 1 saturated carbocycles. The van der Waals surface area contributed by atoms with Crippen LogP contribution in [0.2, 0.25) is 0 Å². The predicted octanol–water partition coefficient (Wildman–Crippen LogP) is 6.86. The number of anilines is 1. The number of aromatic hydroxyl groups is 1. The predicted molar refractivity (Wildman–Crippen MR) is 226 cm³/mol. The summed E-state index contributed by atoms with van der Waals surface area (Å²) in [5.74, 6) is -0.621. The van der Waals surface area contributed by atoms with Crippen LogP contribution in [0.1, 0.15) is 99.9 Å². The van der Waals surface area contributed by atoms with Gasteiger partial charge in [0.25, 0.3) is 11.8 Å². The van der Waals surface area contributed by atoms with Crippen LogP contribution in [0.25, 0.3) is 0 Å². The van der Waals surface area contributed by atoms with Gasteiger partial charge in [0, 0.05) is 69.9 Å². The molecule has 302 valence electrons. The lowest BCUT2D eigenvalue weighted by Crippen LogP contribution is -2.54. The molecular weight excluding hydrogens is 727 g/mol. The first-order valence-corrected chi connectivity index (χ1v) is 20.9. The van der Waals surface area contributed by atoms with E-state index in [-0.39, 0.29) is 36.3 Å². The number of phenols is 1. The number of phenolic OH excluding ortho intramolecular Hbond substituents is 1. The number of benzene rings is 3. The molecule has 3 aromatic carbocycles. The van der Waals surface area contributed by atoms with Gasteiger partial charge in [-0.15, -0.1) is 0 Å². The first-order chi connectivity index (χ1) is 28.0. The fourth-order valence-corrected chi connectivity index (χ4v) is 10.1. The van der Waals surface area contributed by atoms with Crippen molar-refractivity contribution < 1.29 is 24.3 Å². The van der Waals surface area contributed by atoms with Crippen molar-refractivity contribution >= 4 is 29.3 Å². The lowest BCUT2D eigenvalue weighted by atomic mass is 9.76. The number of hydrogen-bond donors (Lipinski definition) is 2. The van der Waals surface area contributed by atoms with Crippen LogP contribution >= 0.6 is 0 Å². The van der Waals surface area contributed by atoms with Crippen LogP contribution < -0.4 is 10.2 Å². The number of rotatable bonds is 11. The Morgan fingerprint density at radius 3 is 2.14 bits per heavy atom. The molecule has 2 N–H and O–H groups in total. The Labute approximate surface area is 341 Å². The number of nitrogens with zero attached hydrogens (tertiary/aromatic N) is 4. The van der Waals surface area contributed by atoms with Crippen LogP contribution in [0.5, 0.6) is 5.75 Å². The summed E-state index contributed by atoms with van der Waals surface area (Å²) >= 11 is 0. The van der Waals surface area contributed by atoms with Gasteiger partial charge in [-0.1, -0.05) is 62.1 Å². The second-order valence-electron chi connectivity index (χ2n) is 17.0. The summed E-state index contributed by atoms with van der Waals surface area (Å²) in [6.07, 6.45) is 10.7. The number of piperidine rings is 1. The number of piperazine rings is 1. The quantitative estimate of drug-likeness (QED) is 0.160. The Kier molecular flexibility index (Phi) is 11.2. The second-order valence-corrected chi connectivity index (χ2v) is 17.0. The van der Waals surface area contributed by atoms with Crippen molar-refractivity contribution in [1.29, 1.82) is 0 Å². The average molecular weight is 782 g/mol. The van der Waals surface area contributed by atoms with Crippen molar-refractivity contribution in [3.8, 4) is 5.75 Å². The number of amides is 4. The smallest absolute Gasteiger partial charge is 0.262 e. The van der Waals surface area contributed by atoms with E-state index in [1.165, 1.54) is 29.7 Å². The van der Waals surface area contributed by atoms with Crippen molar-refractivity contribution in [2.75, 3.05) is 37.6 Å². The third-order valence-electron chi connectivity index (χ3n) is 13.5. The van der Waals surface area contributed by atoms with Crippen LogP contribution in [0, 0.1) is 18.8 Å². The summed E-state index contributed by atoms with van der Waals surface area (Å²) in [4.78, 5) is 59.6. The van der Waals surface area contributed by atoms with Crippen LogP contribution in [-0.4, -0.2) is 88.2 Å². The van der Waals surface area contributed by atoms with E-state index in [4.69, 9.17) is 0 Å². The molecule has 10 nitrogen and oxygen atoms in total. The Hall–Kier alpha value is -5.32. The van der Waals surface area contributed by atoms with Crippen LogP contribution in [0.3, 0.4) is 0 Å². The van der Waals surface area contributed by atoms with Crippen LogP contribution in [0.4, 0.5) is 5.69 Å². The Bertz CT molecular complexity index is 2120. The zero-order valence-corrected chi connectivity index (χ0v) is 33.8. The van der Waals surface area contributed by atoms with Gasteiger partial charge >= 0.3 is 0 Å². The highest BCUT2D eigenvalue weighted by Crippen LogP contribution is 2.40. The van der Waals surface area contributed by atoms with Crippen molar-refractivity contribution in [1.82, 2.24) is 20.0 Å². The standard InChI is InChI=1S/C48H55N5O5/c1-5-6-7-30(2)32(4)45(40-17-16-39(54)24-31(40)3)34-10-14-37(15-11-34)51-22-20-50(21-23-51)27-33-8-12-38(13-9-33)52-28-35-25-41-42(26-36(35)29-52)48(58)53(47(41)57)43-18-19-44(55)49-46(43)56/h5-7,10-11,14-17,24-26,32-33,38,43,45,54H,1-2,8-9,12-13,18-23,27-29H2,3-4H3,(H,49,55,56)/b7-6-. The van der Waals surface area contributed by atoms with Crippen molar-refractivity contribution in [3.63, 3.8) is 0 Å². The summed E-state index contributed by atoms with van der Waals surface area (Å²) in [7, 11) is 0. The zero-order chi connectivity index (χ0) is 40.7. The summed E-state index contributed by atoms with van der Waals surface area (Å²) in [6, 6.07) is 18.0. The molecule has 1 aliphatic carbocycles. The molecular formula is C48H55N5O5. The third kappa shape index (κ3) is 7.79. The number of carbonyl (C=O) groups excluding carboxylic acids is 4. The molecule has 8 rings (SSSR count). The molecule has 2 saturated heterocycles. The van der Waals surface area contributed by atoms with Gasteiger partial charge in [-0.05, 0) is 115 Å². The minimum absolute atomic E-state index is 0.0985. The maximum absolute atomic E-state index is 13.4. The van der Waals surface area contributed by atoms with Gasteiger partial charge in [-0.2, -0.15) is 0 Å². The summed E-state index contributed by atoms with van der Waals surface area (Å²) in [6.45, 7) is 19.2. The maximum Gasteiger partial charge on any atom is 0.262 e. The fraction of sp³-hybridized carbons (Fsp3) is 0.417. The Morgan fingerprint density at radius 2 is 1.53 bits per heavy atom. The molecule has 0 radical (unpaired) electrons. The first kappa shape index (κ1) is 39.5. The van der Waals surface area contributed by atoms with E-state index in [1.54, 1.807) is 12.1 Å². The monoisotopic (exact) mass is 781 g/mol. The second kappa shape index (κ2) is 16.5. The minimum Gasteiger partial charge on any atom is -0.508 e. The van der Waals surface area contributed by atoms with E-state index in [9.17, 15) is 24.3 Å². The number of carbonyl (C=O) groups is 4. The molecule has 0 spiro atoms. The average Bonchev–Trinajstić information content (AvgIpc) is 3.75. The number of allylic oxidation sites excluding steroid dienone is 4. The summed E-state index contributed by atoms with van der Waals surface area (Å²) < 4.78 is 0. The number of hydrogen-bond acceptors (Lipinski definition) is 8. The van der Waals surface area contributed by atoms with E-state index in [0.29, 0.717) is 23.1 Å². The molecule has 0 bridgehead atoms. The van der Waals surface area contributed by atoms with Crippen molar-refractivity contribution in [3.05, 3.63) is 131 Å². The molecule has 4 amide bonds. The Balaban J connectivity index is 0.822. The SMILES string of the molecule is C=C/C=C\C(=C)C(C)C(c1ccc(N2CCN(CC3CCC(N4Cc5cc6c(cc5C4)C(=O)N(C4CCC(=O)NC4=O)C6=O)CC3)CC2)cc1)c1ccc(O)cc1C. The van der Waals surface area contributed by atoms with Crippen LogP contribution in [0.15, 0.2) is 91.6 Å². The Morgan fingerprint density at radius 1 is 0.879 bits per heavy atom. The zero-order valence-electron chi connectivity index (χ0n) is 33.8. The van der Waals surface area contributed by atoms with E-state index < -0.39 is 23.8 Å². The number of fused-ring (bicyclic) bond motifs is 2. The molecule has 3 aromatic rings. The topological polar surface area (TPSA) is 114 Å². The molecule has 3 atom stereocenters. The largest absolute Gasteiger partial charge is 0.508 e. The molecule has 10 heteroatoms. The third-order valence-corrected chi connectivity index (χ3v) is 13.5. The van der Waals surface area contributed by atoms with E-state index in [1.807, 2.05) is 36.4 Å². The van der Waals surface area contributed by atoms with Gasteiger partial charge < -0.3 is 10.0 Å². The van der Waals surface area contributed by atoms with E-state index in [2.05, 4.69) is 71.3 Å². The number of imide groups is 2. The molecule has 4 heterocycles. The van der Waals surface area contributed by atoms with Crippen molar-refractivity contribution in [2.24, 2.45) is 11.8 Å². The summed E-state index contributed by atoms with van der Waals surface area (Å²) in [5, 5.41) is 12.4. The van der Waals surface area contributed by atoms with Gasteiger partial charge in [-0.3, -0.25) is 39.2 Å². The molecule has 3 fully saturated rings. The maximum atomic E-state index is 13.4. The van der Waals surface area contributed by atoms with Crippen LogP contribution in [-0.2, 0) is 22.7 Å². The lowest BCUT2D eigenvalue weighted by molar-refractivity contribution is -0.136. The van der Waals surface area contributed by atoms with Gasteiger partial charge in [0.2, 0.25) is 11.8 Å². The lowest BCUT2D eigenvalue weighted by Gasteiger charge is -2.40. The summed E-state index contributed by atoms with van der Waals surface area (Å²) in [5.41, 5.74) is 8.70. The molecule has 0 aromatic heterocycles. The van der Waals surface area contributed by atoms with Gasteiger partial charge in [0.1, 0.15) is 11.8 Å². The molecule has 3 unspecified atom stereocenters. The van der Waals surface area contributed by atoms with Gasteiger partial charge in [-0.25, -0.2) is 0 Å².